The van der Waals surface area contributed by atoms with Crippen LogP contribution in [0.25, 0.3) is 16.7 Å². The summed E-state index contributed by atoms with van der Waals surface area (Å²) in [6.45, 7) is 7.44. The number of fused-ring (bicyclic) bond motifs is 1. The fraction of sp³-hybridized carbons (Fsp3) is 0.571. The zero-order valence-corrected chi connectivity index (χ0v) is 22.8. The monoisotopic (exact) mass is 523 g/mol. The van der Waals surface area contributed by atoms with Crippen LogP contribution < -0.4 is 10.2 Å². The zero-order chi connectivity index (χ0) is 25.8. The molecule has 0 spiro atoms. The maximum absolute atomic E-state index is 13.0. The van der Waals surface area contributed by atoms with E-state index in [0.717, 1.165) is 80.1 Å². The molecular formula is C28H38ClN7O. The first-order valence-electron chi connectivity index (χ1n) is 13.8. The quantitative estimate of drug-likeness (QED) is 0.454. The number of urea groups is 1. The Morgan fingerprint density at radius 2 is 1.92 bits per heavy atom. The van der Waals surface area contributed by atoms with Gasteiger partial charge < -0.3 is 15.1 Å². The van der Waals surface area contributed by atoms with Gasteiger partial charge >= 0.3 is 6.03 Å². The van der Waals surface area contributed by atoms with Crippen molar-refractivity contribution in [3.05, 3.63) is 41.3 Å². The number of hydrogen-bond acceptors (Lipinski definition) is 5. The fourth-order valence-corrected chi connectivity index (χ4v) is 5.53. The summed E-state index contributed by atoms with van der Waals surface area (Å²) in [5.41, 5.74) is 1.67. The Morgan fingerprint density at radius 3 is 2.70 bits per heavy atom. The predicted molar refractivity (Wildman–Crippen MR) is 149 cm³/mol. The van der Waals surface area contributed by atoms with Crippen molar-refractivity contribution >= 4 is 34.5 Å². The molecule has 1 saturated heterocycles. The number of nitrogens with one attached hydrogen (secondary N) is 1. The van der Waals surface area contributed by atoms with Crippen LogP contribution in [0.1, 0.15) is 64.6 Å². The van der Waals surface area contributed by atoms with Crippen molar-refractivity contribution < 1.29 is 4.79 Å². The summed E-state index contributed by atoms with van der Waals surface area (Å²) in [4.78, 5) is 27.3. The van der Waals surface area contributed by atoms with Crippen LogP contribution in [0.4, 0.5) is 10.6 Å². The van der Waals surface area contributed by atoms with E-state index in [9.17, 15) is 4.79 Å². The van der Waals surface area contributed by atoms with Crippen molar-refractivity contribution in [2.45, 2.75) is 71.3 Å². The van der Waals surface area contributed by atoms with Crippen LogP contribution in [0, 0.1) is 5.92 Å². The van der Waals surface area contributed by atoms with Gasteiger partial charge in [0.15, 0.2) is 5.65 Å². The molecule has 8 nitrogen and oxygen atoms in total. The first kappa shape index (κ1) is 25.8. The minimum Gasteiger partial charge on any atom is -0.354 e. The summed E-state index contributed by atoms with van der Waals surface area (Å²) >= 11 is 6.28. The third-order valence-electron chi connectivity index (χ3n) is 7.47. The van der Waals surface area contributed by atoms with Gasteiger partial charge in [0.05, 0.1) is 17.3 Å². The van der Waals surface area contributed by atoms with E-state index in [0.29, 0.717) is 23.5 Å². The Morgan fingerprint density at radius 1 is 1.08 bits per heavy atom. The SMILES string of the molecule is CC(C)CCc1nc(N2CCCN(C(=O)NC3CCCCC3)CC2)c2cnn(-c3cccc(Cl)c3)c2n1. The van der Waals surface area contributed by atoms with Crippen LogP contribution in [-0.4, -0.2) is 62.9 Å². The lowest BCUT2D eigenvalue weighted by molar-refractivity contribution is 0.193. The number of benzene rings is 1. The van der Waals surface area contributed by atoms with Gasteiger partial charge in [-0.15, -0.1) is 0 Å². The molecule has 0 unspecified atom stereocenters. The van der Waals surface area contributed by atoms with Gasteiger partial charge in [-0.1, -0.05) is 50.8 Å². The molecule has 2 aromatic heterocycles. The van der Waals surface area contributed by atoms with Crippen molar-refractivity contribution in [2.24, 2.45) is 5.92 Å². The molecule has 1 aliphatic carbocycles. The molecule has 1 aromatic carbocycles. The highest BCUT2D eigenvalue weighted by atomic mass is 35.5. The van der Waals surface area contributed by atoms with Crippen LogP contribution in [0.15, 0.2) is 30.5 Å². The van der Waals surface area contributed by atoms with E-state index in [1.165, 1.54) is 19.3 Å². The Balaban J connectivity index is 1.40. The second-order valence-electron chi connectivity index (χ2n) is 10.8. The highest BCUT2D eigenvalue weighted by molar-refractivity contribution is 6.30. The van der Waals surface area contributed by atoms with Crippen LogP contribution >= 0.6 is 11.6 Å². The number of aryl methyl sites for hydroxylation is 1. The molecule has 0 atom stereocenters. The largest absolute Gasteiger partial charge is 0.354 e. The molecule has 0 bridgehead atoms. The van der Waals surface area contributed by atoms with Gasteiger partial charge in [0.25, 0.3) is 0 Å². The average molecular weight is 524 g/mol. The highest BCUT2D eigenvalue weighted by Gasteiger charge is 2.25. The summed E-state index contributed by atoms with van der Waals surface area (Å²) in [7, 11) is 0. The van der Waals surface area contributed by atoms with Gasteiger partial charge in [-0.05, 0) is 49.8 Å². The van der Waals surface area contributed by atoms with Crippen LogP contribution in [-0.2, 0) is 6.42 Å². The number of nitrogens with zero attached hydrogens (tertiary/aromatic N) is 6. The molecule has 2 amide bonds. The summed E-state index contributed by atoms with van der Waals surface area (Å²) in [5.74, 6) is 2.30. The van der Waals surface area contributed by atoms with E-state index in [4.69, 9.17) is 21.6 Å². The number of amides is 2. The second-order valence-corrected chi connectivity index (χ2v) is 11.2. The Labute approximate surface area is 224 Å². The molecule has 3 heterocycles. The molecule has 1 aliphatic heterocycles. The third kappa shape index (κ3) is 6.17. The lowest BCUT2D eigenvalue weighted by Gasteiger charge is -2.28. The van der Waals surface area contributed by atoms with E-state index >= 15 is 0 Å². The van der Waals surface area contributed by atoms with E-state index < -0.39 is 0 Å². The molecule has 9 heteroatoms. The van der Waals surface area contributed by atoms with Crippen molar-refractivity contribution in [3.8, 4) is 5.69 Å². The standard InChI is InChI=1S/C28H38ClN7O/c1-20(2)12-13-25-32-26(24-19-30-36(27(24)33-25)23-11-6-8-21(29)18-23)34-14-7-15-35(17-16-34)28(37)31-22-9-4-3-5-10-22/h6,8,11,18-20,22H,3-5,7,9-10,12-17H2,1-2H3,(H,31,37). The Bertz CT molecular complexity index is 1220. The molecule has 3 aromatic rings. The summed E-state index contributed by atoms with van der Waals surface area (Å²) in [6, 6.07) is 8.07. The van der Waals surface area contributed by atoms with E-state index in [2.05, 4.69) is 29.2 Å². The molecular weight excluding hydrogens is 486 g/mol. The minimum atomic E-state index is 0.0768. The zero-order valence-electron chi connectivity index (χ0n) is 22.0. The van der Waals surface area contributed by atoms with Gasteiger partial charge in [-0.25, -0.2) is 19.4 Å². The molecule has 1 N–H and O–H groups in total. The maximum atomic E-state index is 13.0. The topological polar surface area (TPSA) is 79.2 Å². The molecule has 5 rings (SSSR count). The molecule has 0 radical (unpaired) electrons. The van der Waals surface area contributed by atoms with E-state index in [1.54, 1.807) is 0 Å². The molecule has 1 saturated carbocycles. The third-order valence-corrected chi connectivity index (χ3v) is 7.70. The van der Waals surface area contributed by atoms with Crippen molar-refractivity contribution in [3.63, 3.8) is 0 Å². The smallest absolute Gasteiger partial charge is 0.317 e. The number of halogens is 1. The number of hydrogen-bond donors (Lipinski definition) is 1. The Hall–Kier alpha value is -2.87. The van der Waals surface area contributed by atoms with Crippen LogP contribution in [0.2, 0.25) is 5.02 Å². The van der Waals surface area contributed by atoms with Gasteiger partial charge in [0, 0.05) is 43.7 Å². The maximum Gasteiger partial charge on any atom is 0.317 e. The van der Waals surface area contributed by atoms with Crippen LogP contribution in [0.3, 0.4) is 0 Å². The van der Waals surface area contributed by atoms with Crippen molar-refractivity contribution in [2.75, 3.05) is 31.1 Å². The molecule has 2 aliphatic rings. The first-order chi connectivity index (χ1) is 18.0. The van der Waals surface area contributed by atoms with E-state index in [-0.39, 0.29) is 6.03 Å². The van der Waals surface area contributed by atoms with Crippen LogP contribution in [0.5, 0.6) is 0 Å². The summed E-state index contributed by atoms with van der Waals surface area (Å²) in [6.07, 6.45) is 10.5. The van der Waals surface area contributed by atoms with Crippen molar-refractivity contribution in [1.29, 1.82) is 0 Å². The number of carbonyl (C=O) groups is 1. The number of rotatable bonds is 6. The highest BCUT2D eigenvalue weighted by Crippen LogP contribution is 2.28. The van der Waals surface area contributed by atoms with E-state index in [1.807, 2.05) is 40.0 Å². The number of aromatic nitrogens is 4. The lowest BCUT2D eigenvalue weighted by atomic mass is 9.96. The van der Waals surface area contributed by atoms with Gasteiger partial charge in [0.2, 0.25) is 0 Å². The first-order valence-corrected chi connectivity index (χ1v) is 14.2. The average Bonchev–Trinajstić information content (AvgIpc) is 3.16. The predicted octanol–water partition coefficient (Wildman–Crippen LogP) is 5.61. The normalized spacial score (nSPS) is 17.4. The van der Waals surface area contributed by atoms with Gasteiger partial charge in [0.1, 0.15) is 11.6 Å². The summed E-state index contributed by atoms with van der Waals surface area (Å²) < 4.78 is 1.85. The fourth-order valence-electron chi connectivity index (χ4n) is 5.35. The second kappa shape index (κ2) is 11.7. The summed E-state index contributed by atoms with van der Waals surface area (Å²) in [5, 5.41) is 9.55. The number of carbonyl (C=O) groups excluding carboxylic acids is 1. The Kier molecular flexibility index (Phi) is 8.13. The van der Waals surface area contributed by atoms with Crippen molar-refractivity contribution in [1.82, 2.24) is 30.0 Å². The number of anilines is 1. The minimum absolute atomic E-state index is 0.0768. The lowest BCUT2D eigenvalue weighted by Crippen LogP contribution is -2.46. The molecule has 37 heavy (non-hydrogen) atoms. The van der Waals surface area contributed by atoms with Gasteiger partial charge in [-0.2, -0.15) is 5.10 Å². The van der Waals surface area contributed by atoms with Gasteiger partial charge in [-0.3, -0.25) is 0 Å². The molecule has 198 valence electrons. The molecule has 2 fully saturated rings.